The zero-order chi connectivity index (χ0) is 10.2. The van der Waals surface area contributed by atoms with Gasteiger partial charge in [0.15, 0.2) is 0 Å². The van der Waals surface area contributed by atoms with Crippen molar-refractivity contribution in [1.29, 1.82) is 0 Å². The van der Waals surface area contributed by atoms with Crippen molar-refractivity contribution >= 4 is 0 Å². The number of nitrogens with one attached hydrogen (secondary N) is 1. The fraction of sp³-hybridized carbons (Fsp3) is 1.00. The van der Waals surface area contributed by atoms with Gasteiger partial charge in [-0.15, -0.1) is 0 Å². The molecule has 82 valence electrons. The van der Waals surface area contributed by atoms with E-state index in [9.17, 15) is 5.11 Å². The SMILES string of the molecule is CC1OCCC1(C)N[C@@H]1CCC[C@H]1O. The molecule has 2 N–H and O–H groups in total. The van der Waals surface area contributed by atoms with E-state index >= 15 is 0 Å². The minimum atomic E-state index is -0.153. The number of hydrogen-bond donors (Lipinski definition) is 2. The van der Waals surface area contributed by atoms with E-state index in [1.807, 2.05) is 0 Å². The molecule has 2 fully saturated rings. The molecule has 1 heterocycles. The Labute approximate surface area is 85.8 Å². The van der Waals surface area contributed by atoms with E-state index in [1.54, 1.807) is 0 Å². The van der Waals surface area contributed by atoms with E-state index in [0.29, 0.717) is 0 Å². The number of rotatable bonds is 2. The van der Waals surface area contributed by atoms with Crippen LogP contribution in [0.1, 0.15) is 39.5 Å². The highest BCUT2D eigenvalue weighted by atomic mass is 16.5. The Morgan fingerprint density at radius 1 is 1.43 bits per heavy atom. The van der Waals surface area contributed by atoms with E-state index in [2.05, 4.69) is 19.2 Å². The summed E-state index contributed by atoms with van der Waals surface area (Å²) in [6.07, 6.45) is 4.35. The molecule has 14 heavy (non-hydrogen) atoms. The summed E-state index contributed by atoms with van der Waals surface area (Å²) in [5.41, 5.74) is 0.0655. The summed E-state index contributed by atoms with van der Waals surface area (Å²) in [7, 11) is 0. The quantitative estimate of drug-likeness (QED) is 0.698. The predicted octanol–water partition coefficient (Wildman–Crippen LogP) is 1.06. The van der Waals surface area contributed by atoms with Gasteiger partial charge in [-0.1, -0.05) is 0 Å². The lowest BCUT2D eigenvalue weighted by molar-refractivity contribution is 0.0695. The highest BCUT2D eigenvalue weighted by Crippen LogP contribution is 2.29. The molecular formula is C11H21NO2. The van der Waals surface area contributed by atoms with E-state index < -0.39 is 0 Å². The summed E-state index contributed by atoms with van der Waals surface area (Å²) >= 11 is 0. The molecule has 1 saturated carbocycles. The normalized spacial score (nSPS) is 48.6. The van der Waals surface area contributed by atoms with Crippen molar-refractivity contribution in [2.24, 2.45) is 0 Å². The standard InChI is InChI=1S/C11H21NO2/c1-8-11(2,6-7-14-8)12-9-4-3-5-10(9)13/h8-10,12-13H,3-7H2,1-2H3/t8?,9-,10-,11?/m1/s1. The maximum Gasteiger partial charge on any atom is 0.0726 e. The molecule has 3 nitrogen and oxygen atoms in total. The van der Waals surface area contributed by atoms with Crippen LogP contribution in [0.4, 0.5) is 0 Å². The zero-order valence-electron chi connectivity index (χ0n) is 9.12. The van der Waals surface area contributed by atoms with E-state index in [0.717, 1.165) is 32.3 Å². The predicted molar refractivity (Wildman–Crippen MR) is 55.2 cm³/mol. The Bertz CT molecular complexity index is 209. The van der Waals surface area contributed by atoms with Gasteiger partial charge in [0.2, 0.25) is 0 Å². The van der Waals surface area contributed by atoms with Gasteiger partial charge in [-0.05, 0) is 39.5 Å². The molecule has 0 aromatic carbocycles. The highest BCUT2D eigenvalue weighted by molar-refractivity contribution is 4.98. The van der Waals surface area contributed by atoms with E-state index in [4.69, 9.17) is 4.74 Å². The lowest BCUT2D eigenvalue weighted by Crippen LogP contribution is -2.54. The van der Waals surface area contributed by atoms with Crippen molar-refractivity contribution in [1.82, 2.24) is 5.32 Å². The van der Waals surface area contributed by atoms with Gasteiger partial charge in [0.25, 0.3) is 0 Å². The molecule has 0 aromatic rings. The largest absolute Gasteiger partial charge is 0.392 e. The first-order valence-corrected chi connectivity index (χ1v) is 5.69. The molecule has 1 saturated heterocycles. The molecule has 1 aliphatic carbocycles. The average Bonchev–Trinajstić information content (AvgIpc) is 2.64. The molecule has 1 aliphatic heterocycles. The molecule has 0 spiro atoms. The first-order chi connectivity index (χ1) is 6.62. The van der Waals surface area contributed by atoms with Crippen molar-refractivity contribution in [3.8, 4) is 0 Å². The van der Waals surface area contributed by atoms with Crippen LogP contribution in [0.2, 0.25) is 0 Å². The molecule has 0 radical (unpaired) electrons. The Hall–Kier alpha value is -0.120. The molecule has 0 bridgehead atoms. The highest BCUT2D eigenvalue weighted by Gasteiger charge is 2.40. The second-order valence-electron chi connectivity index (χ2n) is 4.93. The van der Waals surface area contributed by atoms with Crippen LogP contribution in [-0.2, 0) is 4.74 Å². The monoisotopic (exact) mass is 199 g/mol. The van der Waals surface area contributed by atoms with Gasteiger partial charge in [0.1, 0.15) is 0 Å². The van der Waals surface area contributed by atoms with Crippen LogP contribution in [-0.4, -0.2) is 35.5 Å². The summed E-state index contributed by atoms with van der Waals surface area (Å²) in [6.45, 7) is 5.16. The van der Waals surface area contributed by atoms with Crippen molar-refractivity contribution in [3.05, 3.63) is 0 Å². The maximum atomic E-state index is 9.75. The van der Waals surface area contributed by atoms with Crippen molar-refractivity contribution < 1.29 is 9.84 Å². The Morgan fingerprint density at radius 3 is 2.71 bits per heavy atom. The van der Waals surface area contributed by atoms with Crippen LogP contribution in [0.15, 0.2) is 0 Å². The third-order valence-electron chi connectivity index (χ3n) is 3.88. The van der Waals surface area contributed by atoms with Gasteiger partial charge in [0.05, 0.1) is 12.2 Å². The van der Waals surface area contributed by atoms with Crippen LogP contribution >= 0.6 is 0 Å². The fourth-order valence-electron chi connectivity index (χ4n) is 2.56. The minimum Gasteiger partial charge on any atom is -0.392 e. The van der Waals surface area contributed by atoms with Crippen LogP contribution in [0.5, 0.6) is 0 Å². The van der Waals surface area contributed by atoms with Gasteiger partial charge in [-0.3, -0.25) is 0 Å². The number of aliphatic hydroxyl groups is 1. The number of hydrogen-bond acceptors (Lipinski definition) is 3. The zero-order valence-corrected chi connectivity index (χ0v) is 9.12. The number of ether oxygens (including phenoxy) is 1. The van der Waals surface area contributed by atoms with Crippen LogP contribution in [0.3, 0.4) is 0 Å². The molecule has 0 aromatic heterocycles. The molecule has 3 heteroatoms. The third-order valence-corrected chi connectivity index (χ3v) is 3.88. The molecule has 2 unspecified atom stereocenters. The van der Waals surface area contributed by atoms with Crippen LogP contribution < -0.4 is 5.32 Å². The summed E-state index contributed by atoms with van der Waals surface area (Å²) < 4.78 is 5.57. The lowest BCUT2D eigenvalue weighted by Gasteiger charge is -2.33. The average molecular weight is 199 g/mol. The second kappa shape index (κ2) is 3.80. The maximum absolute atomic E-state index is 9.75. The summed E-state index contributed by atoms with van der Waals surface area (Å²) in [5, 5.41) is 13.3. The Balaban J connectivity index is 1.95. The molecule has 4 atom stereocenters. The van der Waals surface area contributed by atoms with Gasteiger partial charge >= 0.3 is 0 Å². The van der Waals surface area contributed by atoms with Crippen molar-refractivity contribution in [3.63, 3.8) is 0 Å². The molecule has 2 rings (SSSR count). The van der Waals surface area contributed by atoms with Gasteiger partial charge in [0, 0.05) is 18.2 Å². The van der Waals surface area contributed by atoms with Crippen molar-refractivity contribution in [2.75, 3.05) is 6.61 Å². The molecule has 2 aliphatic rings. The Kier molecular flexibility index (Phi) is 2.82. The number of aliphatic hydroxyl groups excluding tert-OH is 1. The third kappa shape index (κ3) is 1.81. The fourth-order valence-corrected chi connectivity index (χ4v) is 2.56. The topological polar surface area (TPSA) is 41.5 Å². The molecule has 0 amide bonds. The Morgan fingerprint density at radius 2 is 2.21 bits per heavy atom. The second-order valence-corrected chi connectivity index (χ2v) is 4.93. The summed E-state index contributed by atoms with van der Waals surface area (Å²) in [5.74, 6) is 0. The minimum absolute atomic E-state index is 0.0655. The first kappa shape index (κ1) is 10.4. The lowest BCUT2D eigenvalue weighted by atomic mass is 9.93. The summed E-state index contributed by atoms with van der Waals surface area (Å²) in [6, 6.07) is 0.282. The van der Waals surface area contributed by atoms with Crippen LogP contribution in [0.25, 0.3) is 0 Å². The van der Waals surface area contributed by atoms with Crippen molar-refractivity contribution in [2.45, 2.75) is 63.3 Å². The van der Waals surface area contributed by atoms with Gasteiger partial charge in [-0.2, -0.15) is 0 Å². The van der Waals surface area contributed by atoms with E-state index in [1.165, 1.54) is 0 Å². The first-order valence-electron chi connectivity index (χ1n) is 5.69. The van der Waals surface area contributed by atoms with Gasteiger partial charge < -0.3 is 15.2 Å². The smallest absolute Gasteiger partial charge is 0.0726 e. The van der Waals surface area contributed by atoms with Crippen LogP contribution in [0, 0.1) is 0 Å². The van der Waals surface area contributed by atoms with E-state index in [-0.39, 0.29) is 23.8 Å². The van der Waals surface area contributed by atoms with Gasteiger partial charge in [-0.25, -0.2) is 0 Å². The molecular weight excluding hydrogens is 178 g/mol. The summed E-state index contributed by atoms with van der Waals surface area (Å²) in [4.78, 5) is 0.